The molecule has 0 amide bonds. The van der Waals surface area contributed by atoms with Crippen LogP contribution in [0.4, 0.5) is 5.69 Å². The van der Waals surface area contributed by atoms with Gasteiger partial charge in [-0.1, -0.05) is 62.7 Å². The molecule has 2 aromatic rings. The number of hydrogen-bond donors (Lipinski definition) is 0. The molecule has 1 aliphatic rings. The van der Waals surface area contributed by atoms with Gasteiger partial charge in [0.05, 0.1) is 11.0 Å². The number of carbonyl (C=O) groups excluding carboxylic acids is 2. The molecule has 0 bridgehead atoms. The Hall–Kier alpha value is -3.48. The van der Waals surface area contributed by atoms with Crippen LogP contribution in [0, 0.1) is 16.0 Å². The standard InChI is InChI=1S/C24H26N2O5/c1-3-17(2)23(24(28)31-16-18-7-5-4-6-8-18)25-14-13-21(27)15-22(25)19-9-11-20(12-10-19)26(29)30/h4-14,17,22-23H,3,15-16H2,1-2H3/t17?,22-,23+/m1/s1. The number of rotatable bonds is 8. The molecular formula is C24H26N2O5. The molecule has 0 spiro atoms. The summed E-state index contributed by atoms with van der Waals surface area (Å²) in [6.45, 7) is 4.15. The van der Waals surface area contributed by atoms with Gasteiger partial charge in [0.1, 0.15) is 12.6 Å². The lowest BCUT2D eigenvalue weighted by Crippen LogP contribution is -2.46. The van der Waals surface area contributed by atoms with Crippen molar-refractivity contribution in [2.75, 3.05) is 0 Å². The summed E-state index contributed by atoms with van der Waals surface area (Å²) in [4.78, 5) is 37.7. The minimum Gasteiger partial charge on any atom is -0.459 e. The smallest absolute Gasteiger partial charge is 0.329 e. The highest BCUT2D eigenvalue weighted by molar-refractivity contribution is 5.91. The number of nitrogens with zero attached hydrogens (tertiary/aromatic N) is 2. The van der Waals surface area contributed by atoms with Gasteiger partial charge in [0.15, 0.2) is 5.78 Å². The first-order valence-electron chi connectivity index (χ1n) is 10.3. The largest absolute Gasteiger partial charge is 0.459 e. The molecule has 0 aromatic heterocycles. The molecular weight excluding hydrogens is 396 g/mol. The van der Waals surface area contributed by atoms with Gasteiger partial charge < -0.3 is 9.64 Å². The van der Waals surface area contributed by atoms with E-state index in [-0.39, 0.29) is 36.4 Å². The minimum absolute atomic E-state index is 0.0197. The highest BCUT2D eigenvalue weighted by Gasteiger charge is 2.37. The van der Waals surface area contributed by atoms with Gasteiger partial charge in [0.2, 0.25) is 0 Å². The lowest BCUT2D eigenvalue weighted by atomic mass is 9.90. The van der Waals surface area contributed by atoms with Crippen molar-refractivity contribution in [1.82, 2.24) is 4.90 Å². The van der Waals surface area contributed by atoms with Crippen molar-refractivity contribution in [2.24, 2.45) is 5.92 Å². The number of benzene rings is 2. The zero-order valence-electron chi connectivity index (χ0n) is 17.6. The minimum atomic E-state index is -0.585. The van der Waals surface area contributed by atoms with Crippen molar-refractivity contribution in [3.05, 3.63) is 88.1 Å². The second-order valence-electron chi connectivity index (χ2n) is 7.72. The molecule has 0 radical (unpaired) electrons. The first-order valence-corrected chi connectivity index (χ1v) is 10.3. The average molecular weight is 422 g/mol. The fourth-order valence-corrected chi connectivity index (χ4v) is 3.72. The van der Waals surface area contributed by atoms with Gasteiger partial charge in [-0.05, 0) is 23.1 Å². The van der Waals surface area contributed by atoms with Gasteiger partial charge in [-0.3, -0.25) is 14.9 Å². The van der Waals surface area contributed by atoms with Gasteiger partial charge in [-0.2, -0.15) is 0 Å². The molecule has 1 aliphatic heterocycles. The van der Waals surface area contributed by atoms with Gasteiger partial charge in [0.25, 0.3) is 5.69 Å². The van der Waals surface area contributed by atoms with E-state index < -0.39 is 17.0 Å². The number of ether oxygens (including phenoxy) is 1. The summed E-state index contributed by atoms with van der Waals surface area (Å²) in [5.41, 5.74) is 1.62. The summed E-state index contributed by atoms with van der Waals surface area (Å²) in [7, 11) is 0. The molecule has 0 saturated heterocycles. The predicted octanol–water partition coefficient (Wildman–Crippen LogP) is 4.58. The molecule has 3 rings (SSSR count). The van der Waals surface area contributed by atoms with Crippen LogP contribution in [0.3, 0.4) is 0 Å². The fourth-order valence-electron chi connectivity index (χ4n) is 3.72. The number of non-ortho nitro benzene ring substituents is 1. The van der Waals surface area contributed by atoms with E-state index in [9.17, 15) is 19.7 Å². The molecule has 1 heterocycles. The van der Waals surface area contributed by atoms with Gasteiger partial charge >= 0.3 is 5.97 Å². The monoisotopic (exact) mass is 422 g/mol. The number of ketones is 1. The van der Waals surface area contributed by atoms with Crippen LogP contribution in [0.5, 0.6) is 0 Å². The molecule has 162 valence electrons. The summed E-state index contributed by atoms with van der Waals surface area (Å²) in [5, 5.41) is 11.0. The van der Waals surface area contributed by atoms with E-state index in [0.29, 0.717) is 0 Å². The lowest BCUT2D eigenvalue weighted by molar-refractivity contribution is -0.384. The van der Waals surface area contributed by atoms with Gasteiger partial charge in [-0.15, -0.1) is 0 Å². The van der Waals surface area contributed by atoms with Crippen molar-refractivity contribution in [3.63, 3.8) is 0 Å². The first kappa shape index (κ1) is 22.2. The van der Waals surface area contributed by atoms with Gasteiger partial charge in [-0.25, -0.2) is 4.79 Å². The molecule has 0 fully saturated rings. The second kappa shape index (κ2) is 10.0. The first-order chi connectivity index (χ1) is 14.9. The summed E-state index contributed by atoms with van der Waals surface area (Å²) >= 11 is 0. The van der Waals surface area contributed by atoms with Crippen LogP contribution in [-0.4, -0.2) is 27.6 Å². The summed E-state index contributed by atoms with van der Waals surface area (Å²) in [6.07, 6.45) is 4.06. The Morgan fingerprint density at radius 2 is 1.87 bits per heavy atom. The van der Waals surface area contributed by atoms with Crippen LogP contribution in [0.15, 0.2) is 66.9 Å². The fraction of sp³-hybridized carbons (Fsp3) is 0.333. The Bertz CT molecular complexity index is 956. The third-order valence-electron chi connectivity index (χ3n) is 5.65. The van der Waals surface area contributed by atoms with E-state index in [4.69, 9.17) is 4.74 Å². The van der Waals surface area contributed by atoms with Gasteiger partial charge in [0, 0.05) is 24.8 Å². The topological polar surface area (TPSA) is 89.8 Å². The van der Waals surface area contributed by atoms with Crippen LogP contribution in [0.25, 0.3) is 0 Å². The summed E-state index contributed by atoms with van der Waals surface area (Å²) in [6, 6.07) is 14.6. The number of esters is 1. The van der Waals surface area contributed by atoms with Crippen LogP contribution >= 0.6 is 0 Å². The SMILES string of the molecule is CCC(C)[C@@H](C(=O)OCc1ccccc1)N1C=CC(=O)C[C@@H]1c1ccc([N+](=O)[O-])cc1. The maximum atomic E-state index is 13.1. The van der Waals surface area contributed by atoms with E-state index in [2.05, 4.69) is 0 Å². The van der Waals surface area contributed by atoms with Crippen molar-refractivity contribution < 1.29 is 19.2 Å². The second-order valence-corrected chi connectivity index (χ2v) is 7.72. The maximum Gasteiger partial charge on any atom is 0.329 e. The quantitative estimate of drug-likeness (QED) is 0.351. The Labute approximate surface area is 181 Å². The van der Waals surface area contributed by atoms with Crippen molar-refractivity contribution >= 4 is 17.4 Å². The summed E-state index contributed by atoms with van der Waals surface area (Å²) in [5.74, 6) is -0.439. The summed E-state index contributed by atoms with van der Waals surface area (Å²) < 4.78 is 5.64. The van der Waals surface area contributed by atoms with Crippen molar-refractivity contribution in [1.29, 1.82) is 0 Å². The number of nitro benzene ring substituents is 1. The zero-order valence-corrected chi connectivity index (χ0v) is 17.6. The highest BCUT2D eigenvalue weighted by Crippen LogP contribution is 2.34. The average Bonchev–Trinajstić information content (AvgIpc) is 2.79. The lowest BCUT2D eigenvalue weighted by Gasteiger charge is -2.40. The zero-order chi connectivity index (χ0) is 22.4. The van der Waals surface area contributed by atoms with E-state index in [0.717, 1.165) is 17.5 Å². The molecule has 0 aliphatic carbocycles. The molecule has 31 heavy (non-hydrogen) atoms. The maximum absolute atomic E-state index is 13.1. The Kier molecular flexibility index (Phi) is 7.18. The van der Waals surface area contributed by atoms with Crippen molar-refractivity contribution in [2.45, 2.75) is 45.4 Å². The Morgan fingerprint density at radius 1 is 1.19 bits per heavy atom. The normalized spacial score (nSPS) is 17.8. The molecule has 2 aromatic carbocycles. The Balaban J connectivity index is 1.87. The van der Waals surface area contributed by atoms with E-state index in [1.807, 2.05) is 49.1 Å². The molecule has 0 saturated carbocycles. The van der Waals surface area contributed by atoms with Crippen LogP contribution < -0.4 is 0 Å². The van der Waals surface area contributed by atoms with Crippen LogP contribution in [0.1, 0.15) is 43.9 Å². The molecule has 0 N–H and O–H groups in total. The van der Waals surface area contributed by atoms with Crippen LogP contribution in [0.2, 0.25) is 0 Å². The Morgan fingerprint density at radius 3 is 2.48 bits per heavy atom. The molecule has 3 atom stereocenters. The van der Waals surface area contributed by atoms with Crippen molar-refractivity contribution in [3.8, 4) is 0 Å². The van der Waals surface area contributed by atoms with E-state index in [1.165, 1.54) is 18.2 Å². The molecule has 7 heteroatoms. The third-order valence-corrected chi connectivity index (χ3v) is 5.65. The number of allylic oxidation sites excluding steroid dienone is 1. The third kappa shape index (κ3) is 5.36. The number of hydrogen-bond acceptors (Lipinski definition) is 6. The molecule has 7 nitrogen and oxygen atoms in total. The van der Waals surface area contributed by atoms with Crippen LogP contribution in [-0.2, 0) is 20.9 Å². The predicted molar refractivity (Wildman–Crippen MR) is 116 cm³/mol. The van der Waals surface area contributed by atoms with E-state index >= 15 is 0 Å². The molecule has 1 unspecified atom stereocenters. The number of nitro groups is 1. The number of carbonyl (C=O) groups is 2. The van der Waals surface area contributed by atoms with E-state index in [1.54, 1.807) is 18.3 Å². The highest BCUT2D eigenvalue weighted by atomic mass is 16.6.